The fourth-order valence-electron chi connectivity index (χ4n) is 2.60. The Hall–Kier alpha value is -2.24. The quantitative estimate of drug-likeness (QED) is 0.761. The molecule has 6 nitrogen and oxygen atoms in total. The first-order valence-corrected chi connectivity index (χ1v) is 7.12. The molecule has 0 aliphatic heterocycles. The molecule has 1 fully saturated rings. The normalized spacial score (nSPS) is 14.9. The lowest BCUT2D eigenvalue weighted by Crippen LogP contribution is -2.46. The van der Waals surface area contributed by atoms with Crippen LogP contribution in [0.1, 0.15) is 25.7 Å². The summed E-state index contributed by atoms with van der Waals surface area (Å²) in [5, 5.41) is 0. The summed E-state index contributed by atoms with van der Waals surface area (Å²) in [6.45, 7) is -0.151. The second-order valence-corrected chi connectivity index (χ2v) is 5.28. The second-order valence-electron chi connectivity index (χ2n) is 5.28. The van der Waals surface area contributed by atoms with E-state index in [1.807, 2.05) is 0 Å². The van der Waals surface area contributed by atoms with Gasteiger partial charge in [0.25, 0.3) is 5.91 Å². The van der Waals surface area contributed by atoms with E-state index in [-0.39, 0.29) is 25.1 Å². The van der Waals surface area contributed by atoms with Crippen molar-refractivity contribution in [2.75, 3.05) is 18.9 Å². The smallest absolute Gasteiger partial charge is 0.261 e. The lowest BCUT2D eigenvalue weighted by Gasteiger charge is -2.27. The molecule has 4 N–H and O–H groups in total. The molecule has 6 heteroatoms. The van der Waals surface area contributed by atoms with Crippen LogP contribution in [0.25, 0.3) is 0 Å². The number of nitrogens with zero attached hydrogens (tertiary/aromatic N) is 1. The minimum absolute atomic E-state index is 0.0470. The van der Waals surface area contributed by atoms with Gasteiger partial charge in [0.1, 0.15) is 5.75 Å². The molecule has 2 amide bonds. The minimum atomic E-state index is -0.497. The largest absolute Gasteiger partial charge is 0.484 e. The number of ether oxygens (including phenoxy) is 1. The van der Waals surface area contributed by atoms with Crippen LogP contribution in [0.3, 0.4) is 0 Å². The molecule has 1 aromatic carbocycles. The molecule has 1 aromatic rings. The van der Waals surface area contributed by atoms with E-state index in [1.54, 1.807) is 29.2 Å². The first kappa shape index (κ1) is 15.2. The molecule has 0 spiro atoms. The summed E-state index contributed by atoms with van der Waals surface area (Å²) in [5.41, 5.74) is 11.5. The molecule has 0 saturated heterocycles. The SMILES string of the molecule is NC(=O)CN(C(=O)COc1ccc(N)cc1)C1CCCC1. The number of carbonyl (C=O) groups is 2. The highest BCUT2D eigenvalue weighted by molar-refractivity contribution is 5.84. The van der Waals surface area contributed by atoms with Crippen molar-refractivity contribution in [3.63, 3.8) is 0 Å². The molecule has 0 atom stereocenters. The standard InChI is InChI=1S/C15H21N3O3/c16-11-5-7-13(8-6-11)21-10-15(20)18(9-14(17)19)12-3-1-2-4-12/h5-8,12H,1-4,9-10,16H2,(H2,17,19). The van der Waals surface area contributed by atoms with Crippen LogP contribution < -0.4 is 16.2 Å². The average Bonchev–Trinajstić information content (AvgIpc) is 2.97. The maximum Gasteiger partial charge on any atom is 0.261 e. The van der Waals surface area contributed by atoms with E-state index < -0.39 is 5.91 Å². The predicted molar refractivity (Wildman–Crippen MR) is 79.5 cm³/mol. The summed E-state index contributed by atoms with van der Waals surface area (Å²) < 4.78 is 5.45. The number of carbonyl (C=O) groups excluding carboxylic acids is 2. The summed E-state index contributed by atoms with van der Waals surface area (Å²) in [4.78, 5) is 25.0. The van der Waals surface area contributed by atoms with Crippen LogP contribution in [0.2, 0.25) is 0 Å². The van der Waals surface area contributed by atoms with Crippen LogP contribution in [-0.2, 0) is 9.59 Å². The first-order chi connectivity index (χ1) is 10.1. The number of rotatable bonds is 6. The highest BCUT2D eigenvalue weighted by atomic mass is 16.5. The van der Waals surface area contributed by atoms with Crippen LogP contribution in [-0.4, -0.2) is 35.9 Å². The molecule has 1 saturated carbocycles. The molecule has 1 aliphatic rings. The van der Waals surface area contributed by atoms with E-state index in [0.29, 0.717) is 11.4 Å². The fraction of sp³-hybridized carbons (Fsp3) is 0.467. The Morgan fingerprint density at radius 3 is 2.38 bits per heavy atom. The summed E-state index contributed by atoms with van der Waals surface area (Å²) in [6, 6.07) is 6.92. The van der Waals surface area contributed by atoms with Gasteiger partial charge in [-0.25, -0.2) is 0 Å². The van der Waals surface area contributed by atoms with Gasteiger partial charge in [0, 0.05) is 11.7 Å². The first-order valence-electron chi connectivity index (χ1n) is 7.12. The van der Waals surface area contributed by atoms with E-state index >= 15 is 0 Å². The molecule has 0 bridgehead atoms. The van der Waals surface area contributed by atoms with Crippen molar-refractivity contribution in [1.29, 1.82) is 0 Å². The molecule has 1 aliphatic carbocycles. The van der Waals surface area contributed by atoms with Gasteiger partial charge in [0.2, 0.25) is 5.91 Å². The Labute approximate surface area is 124 Å². The highest BCUT2D eigenvalue weighted by Gasteiger charge is 2.27. The van der Waals surface area contributed by atoms with E-state index in [2.05, 4.69) is 0 Å². The van der Waals surface area contributed by atoms with Crippen molar-refractivity contribution in [1.82, 2.24) is 4.90 Å². The van der Waals surface area contributed by atoms with Gasteiger partial charge in [-0.1, -0.05) is 12.8 Å². The Morgan fingerprint density at radius 1 is 1.19 bits per heavy atom. The van der Waals surface area contributed by atoms with Gasteiger partial charge < -0.3 is 21.1 Å². The maximum absolute atomic E-state index is 12.3. The number of nitrogens with two attached hydrogens (primary N) is 2. The van der Waals surface area contributed by atoms with Crippen LogP contribution in [0.5, 0.6) is 5.75 Å². The molecular formula is C15H21N3O3. The van der Waals surface area contributed by atoms with Gasteiger partial charge in [0.05, 0.1) is 6.54 Å². The molecule has 114 valence electrons. The summed E-state index contributed by atoms with van der Waals surface area (Å²) in [5.74, 6) is -0.136. The number of hydrogen-bond donors (Lipinski definition) is 2. The number of primary amides is 1. The second kappa shape index (κ2) is 6.97. The molecule has 0 heterocycles. The van der Waals surface area contributed by atoms with E-state index in [4.69, 9.17) is 16.2 Å². The lowest BCUT2D eigenvalue weighted by molar-refractivity contribution is -0.139. The number of nitrogen functional groups attached to an aromatic ring is 1. The van der Waals surface area contributed by atoms with Crippen LogP contribution in [0.15, 0.2) is 24.3 Å². The van der Waals surface area contributed by atoms with E-state index in [9.17, 15) is 9.59 Å². The van der Waals surface area contributed by atoms with Crippen molar-refractivity contribution < 1.29 is 14.3 Å². The third-order valence-corrected chi connectivity index (χ3v) is 3.65. The van der Waals surface area contributed by atoms with E-state index in [1.165, 1.54) is 0 Å². The number of benzene rings is 1. The van der Waals surface area contributed by atoms with Gasteiger partial charge in [-0.2, -0.15) is 0 Å². The highest BCUT2D eigenvalue weighted by Crippen LogP contribution is 2.23. The molecule has 21 heavy (non-hydrogen) atoms. The summed E-state index contributed by atoms with van der Waals surface area (Å²) in [6.07, 6.45) is 3.99. The summed E-state index contributed by atoms with van der Waals surface area (Å²) >= 11 is 0. The Morgan fingerprint density at radius 2 is 1.81 bits per heavy atom. The van der Waals surface area contributed by atoms with Crippen molar-refractivity contribution in [2.24, 2.45) is 5.73 Å². The third kappa shape index (κ3) is 4.37. The zero-order valence-corrected chi connectivity index (χ0v) is 12.0. The predicted octanol–water partition coefficient (Wildman–Crippen LogP) is 0.904. The molecule has 0 unspecified atom stereocenters. The van der Waals surface area contributed by atoms with Crippen molar-refractivity contribution in [2.45, 2.75) is 31.7 Å². The Kier molecular flexibility index (Phi) is 5.03. The van der Waals surface area contributed by atoms with Crippen LogP contribution >= 0.6 is 0 Å². The van der Waals surface area contributed by atoms with Gasteiger partial charge in [-0.15, -0.1) is 0 Å². The third-order valence-electron chi connectivity index (χ3n) is 3.65. The zero-order valence-electron chi connectivity index (χ0n) is 12.0. The van der Waals surface area contributed by atoms with Crippen LogP contribution in [0.4, 0.5) is 5.69 Å². The molecule has 0 radical (unpaired) electrons. The van der Waals surface area contributed by atoms with Crippen molar-refractivity contribution >= 4 is 17.5 Å². The molecule has 2 rings (SSSR count). The average molecular weight is 291 g/mol. The minimum Gasteiger partial charge on any atom is -0.484 e. The van der Waals surface area contributed by atoms with Crippen molar-refractivity contribution in [3.05, 3.63) is 24.3 Å². The monoisotopic (exact) mass is 291 g/mol. The number of hydrogen-bond acceptors (Lipinski definition) is 4. The summed E-state index contributed by atoms with van der Waals surface area (Å²) in [7, 11) is 0. The van der Waals surface area contributed by atoms with E-state index in [0.717, 1.165) is 25.7 Å². The number of amides is 2. The lowest BCUT2D eigenvalue weighted by atomic mass is 10.2. The van der Waals surface area contributed by atoms with Crippen LogP contribution in [0, 0.1) is 0 Å². The van der Waals surface area contributed by atoms with Gasteiger partial charge >= 0.3 is 0 Å². The van der Waals surface area contributed by atoms with Gasteiger partial charge in [0.15, 0.2) is 6.61 Å². The Balaban J connectivity index is 1.94. The molecular weight excluding hydrogens is 270 g/mol. The number of anilines is 1. The van der Waals surface area contributed by atoms with Crippen molar-refractivity contribution in [3.8, 4) is 5.75 Å². The van der Waals surface area contributed by atoms with Gasteiger partial charge in [-0.05, 0) is 37.1 Å². The maximum atomic E-state index is 12.3. The zero-order chi connectivity index (χ0) is 15.2. The Bertz CT molecular complexity index is 495. The molecule has 0 aromatic heterocycles. The topological polar surface area (TPSA) is 98.7 Å². The van der Waals surface area contributed by atoms with Gasteiger partial charge in [-0.3, -0.25) is 9.59 Å². The fourth-order valence-corrected chi connectivity index (χ4v) is 2.60.